The fourth-order valence-electron chi connectivity index (χ4n) is 3.60. The second kappa shape index (κ2) is 9.73. The number of hydrogen-bond donors (Lipinski definition) is 2. The number of carbonyl (C=O) groups is 2. The van der Waals surface area contributed by atoms with Crippen LogP contribution < -0.4 is 15.8 Å². The number of fused-ring (bicyclic) bond motifs is 1. The van der Waals surface area contributed by atoms with Gasteiger partial charge in [-0.2, -0.15) is 5.10 Å². The molecule has 2 amide bonds. The maximum absolute atomic E-state index is 13.9. The van der Waals surface area contributed by atoms with Crippen molar-refractivity contribution in [1.29, 1.82) is 0 Å². The van der Waals surface area contributed by atoms with E-state index in [0.29, 0.717) is 22.2 Å². The van der Waals surface area contributed by atoms with Crippen molar-refractivity contribution >= 4 is 28.4 Å². The number of anilines is 1. The van der Waals surface area contributed by atoms with E-state index in [1.165, 1.54) is 42.7 Å². The Hall–Kier alpha value is -4.34. The zero-order valence-corrected chi connectivity index (χ0v) is 20.0. The average Bonchev–Trinajstić information content (AvgIpc) is 3.28. The number of nitrogens with one attached hydrogen (secondary N) is 1. The topological polar surface area (TPSA) is 112 Å². The fraction of sp³-hybridized carbons (Fsp3) is 0.231. The van der Waals surface area contributed by atoms with Crippen LogP contribution in [0, 0.1) is 0 Å². The minimum absolute atomic E-state index is 0.0717. The van der Waals surface area contributed by atoms with E-state index >= 15 is 0 Å². The molecule has 2 heterocycles. The van der Waals surface area contributed by atoms with Crippen LogP contribution in [0.15, 0.2) is 61.1 Å². The monoisotopic (exact) mass is 493 g/mol. The van der Waals surface area contributed by atoms with E-state index in [4.69, 9.17) is 10.5 Å². The van der Waals surface area contributed by atoms with Crippen LogP contribution in [0.4, 0.5) is 14.5 Å². The molecule has 0 fully saturated rings. The normalized spacial score (nSPS) is 11.6. The summed E-state index contributed by atoms with van der Waals surface area (Å²) >= 11 is 0. The summed E-state index contributed by atoms with van der Waals surface area (Å²) in [6.07, 6.45) is 1.77. The number of rotatable bonds is 7. The Morgan fingerprint density at radius 1 is 1.11 bits per heavy atom. The van der Waals surface area contributed by atoms with Crippen LogP contribution in [0.2, 0.25) is 0 Å². The second-order valence-electron chi connectivity index (χ2n) is 9.25. The minimum atomic E-state index is -2.85. The van der Waals surface area contributed by atoms with Gasteiger partial charge in [-0.15, -0.1) is 0 Å². The third-order valence-corrected chi connectivity index (χ3v) is 5.43. The zero-order valence-electron chi connectivity index (χ0n) is 20.0. The molecule has 0 spiro atoms. The first kappa shape index (κ1) is 24.8. The van der Waals surface area contributed by atoms with Crippen LogP contribution >= 0.6 is 0 Å². The third kappa shape index (κ3) is 5.48. The van der Waals surface area contributed by atoms with Crippen molar-refractivity contribution in [3.63, 3.8) is 0 Å². The molecular weight excluding hydrogens is 468 g/mol. The first-order valence-electron chi connectivity index (χ1n) is 11.1. The standard InChI is InChI=1S/C26H25F2N5O3/c1-26(2,3)33-14-17(13-31-33)32-23(34)11-15-4-7-21(19(10-15)24(27)28)36-22-8-9-30-20-6-5-16(25(29)35)12-18(20)22/h4-10,12-14,24H,11H2,1-3H3,(H2,29,35)(H,32,34). The number of carbonyl (C=O) groups excluding carboxylic acids is 2. The van der Waals surface area contributed by atoms with E-state index in [1.54, 1.807) is 23.0 Å². The molecular formula is C26H25F2N5O3. The van der Waals surface area contributed by atoms with E-state index in [0.717, 1.165) is 0 Å². The zero-order chi connectivity index (χ0) is 26.0. The molecule has 10 heteroatoms. The summed E-state index contributed by atoms with van der Waals surface area (Å²) in [6.45, 7) is 5.94. The number of alkyl halides is 2. The Morgan fingerprint density at radius 2 is 1.89 bits per heavy atom. The van der Waals surface area contributed by atoms with Crippen LogP contribution in [-0.2, 0) is 16.8 Å². The van der Waals surface area contributed by atoms with Gasteiger partial charge in [-0.05, 0) is 62.7 Å². The van der Waals surface area contributed by atoms with E-state index in [9.17, 15) is 18.4 Å². The number of nitrogens with zero attached hydrogens (tertiary/aromatic N) is 3. The molecule has 0 aliphatic heterocycles. The maximum atomic E-state index is 13.9. The summed E-state index contributed by atoms with van der Waals surface area (Å²) in [5.41, 5.74) is 6.42. The lowest BCUT2D eigenvalue weighted by Gasteiger charge is -2.18. The molecule has 0 unspecified atom stereocenters. The van der Waals surface area contributed by atoms with Gasteiger partial charge in [0.1, 0.15) is 11.5 Å². The molecule has 2 aromatic carbocycles. The Morgan fingerprint density at radius 3 is 2.56 bits per heavy atom. The molecule has 0 bridgehead atoms. The SMILES string of the molecule is CC(C)(C)n1cc(NC(=O)Cc2ccc(Oc3ccnc4ccc(C(N)=O)cc34)c(C(F)F)c2)cn1. The molecule has 0 saturated heterocycles. The van der Waals surface area contributed by atoms with Gasteiger partial charge in [-0.25, -0.2) is 8.78 Å². The van der Waals surface area contributed by atoms with Gasteiger partial charge in [0.2, 0.25) is 11.8 Å². The number of amides is 2. The molecule has 0 aliphatic rings. The molecule has 2 aromatic heterocycles. The van der Waals surface area contributed by atoms with Gasteiger partial charge in [0.05, 0.1) is 34.9 Å². The Balaban J connectivity index is 1.56. The summed E-state index contributed by atoms with van der Waals surface area (Å²) < 4.78 is 35.4. The van der Waals surface area contributed by atoms with Crippen molar-refractivity contribution in [3.05, 3.63) is 77.7 Å². The molecule has 4 rings (SSSR count). The number of hydrogen-bond acceptors (Lipinski definition) is 5. The van der Waals surface area contributed by atoms with Gasteiger partial charge in [-0.1, -0.05) is 6.07 Å². The molecule has 8 nitrogen and oxygen atoms in total. The van der Waals surface area contributed by atoms with Crippen molar-refractivity contribution in [2.24, 2.45) is 5.73 Å². The molecule has 36 heavy (non-hydrogen) atoms. The minimum Gasteiger partial charge on any atom is -0.456 e. The summed E-state index contributed by atoms with van der Waals surface area (Å²) in [5.74, 6) is -0.825. The predicted octanol–water partition coefficient (Wildman–Crippen LogP) is 5.20. The predicted molar refractivity (Wildman–Crippen MR) is 131 cm³/mol. The number of halogens is 2. The van der Waals surface area contributed by atoms with Crippen LogP contribution in [-0.4, -0.2) is 26.6 Å². The Kier molecular flexibility index (Phi) is 6.69. The quantitative estimate of drug-likeness (QED) is 0.368. The molecule has 0 aliphatic carbocycles. The number of primary amides is 1. The number of benzene rings is 2. The Bertz CT molecular complexity index is 1440. The lowest BCUT2D eigenvalue weighted by atomic mass is 10.1. The van der Waals surface area contributed by atoms with E-state index in [1.807, 2.05) is 20.8 Å². The van der Waals surface area contributed by atoms with Gasteiger partial charge >= 0.3 is 0 Å². The van der Waals surface area contributed by atoms with Gasteiger partial charge in [0.25, 0.3) is 6.43 Å². The molecule has 0 saturated carbocycles. The second-order valence-corrected chi connectivity index (χ2v) is 9.25. The number of ether oxygens (including phenoxy) is 1. The van der Waals surface area contributed by atoms with E-state index < -0.39 is 12.3 Å². The largest absolute Gasteiger partial charge is 0.456 e. The van der Waals surface area contributed by atoms with Crippen molar-refractivity contribution in [2.75, 3.05) is 5.32 Å². The highest BCUT2D eigenvalue weighted by Gasteiger charge is 2.19. The van der Waals surface area contributed by atoms with Crippen LogP contribution in [0.5, 0.6) is 11.5 Å². The van der Waals surface area contributed by atoms with Crippen molar-refractivity contribution < 1.29 is 23.1 Å². The molecule has 0 atom stereocenters. The van der Waals surface area contributed by atoms with Crippen molar-refractivity contribution in [2.45, 2.75) is 39.2 Å². The molecule has 186 valence electrons. The summed E-state index contributed by atoms with van der Waals surface area (Å²) in [4.78, 5) is 28.3. The highest BCUT2D eigenvalue weighted by molar-refractivity contribution is 5.98. The highest BCUT2D eigenvalue weighted by Crippen LogP contribution is 2.36. The first-order chi connectivity index (χ1) is 17.0. The number of aromatic nitrogens is 3. The average molecular weight is 494 g/mol. The van der Waals surface area contributed by atoms with E-state index in [2.05, 4.69) is 15.4 Å². The smallest absolute Gasteiger partial charge is 0.267 e. The van der Waals surface area contributed by atoms with Gasteiger partial charge in [0, 0.05) is 23.3 Å². The van der Waals surface area contributed by atoms with Crippen LogP contribution in [0.25, 0.3) is 10.9 Å². The maximum Gasteiger partial charge on any atom is 0.267 e. The van der Waals surface area contributed by atoms with Gasteiger partial charge in [-0.3, -0.25) is 19.3 Å². The lowest BCUT2D eigenvalue weighted by molar-refractivity contribution is -0.115. The fourth-order valence-corrected chi connectivity index (χ4v) is 3.60. The van der Waals surface area contributed by atoms with Crippen LogP contribution in [0.3, 0.4) is 0 Å². The molecule has 3 N–H and O–H groups in total. The van der Waals surface area contributed by atoms with Gasteiger partial charge in [0.15, 0.2) is 0 Å². The molecule has 0 radical (unpaired) electrons. The lowest BCUT2D eigenvalue weighted by Crippen LogP contribution is -2.22. The third-order valence-electron chi connectivity index (χ3n) is 5.43. The van der Waals surface area contributed by atoms with Gasteiger partial charge < -0.3 is 15.8 Å². The summed E-state index contributed by atoms with van der Waals surface area (Å²) in [6, 6.07) is 10.3. The first-order valence-corrected chi connectivity index (χ1v) is 11.1. The Labute approximate surface area is 206 Å². The highest BCUT2D eigenvalue weighted by atomic mass is 19.3. The van der Waals surface area contributed by atoms with Crippen molar-refractivity contribution in [1.82, 2.24) is 14.8 Å². The number of nitrogens with two attached hydrogens (primary N) is 1. The summed E-state index contributed by atoms with van der Waals surface area (Å²) in [5, 5.41) is 7.42. The van der Waals surface area contributed by atoms with E-state index in [-0.39, 0.29) is 40.5 Å². The van der Waals surface area contributed by atoms with Crippen molar-refractivity contribution in [3.8, 4) is 11.5 Å². The van der Waals surface area contributed by atoms with Crippen LogP contribution in [0.1, 0.15) is 48.7 Å². The molecule has 4 aromatic rings. The summed E-state index contributed by atoms with van der Waals surface area (Å²) in [7, 11) is 0. The number of pyridine rings is 1.